The summed E-state index contributed by atoms with van der Waals surface area (Å²) in [5.41, 5.74) is 3.34. The Hall–Kier alpha value is -2.29. The number of aryl methyl sites for hydroxylation is 2. The van der Waals surface area contributed by atoms with Crippen molar-refractivity contribution < 1.29 is 9.90 Å². The first-order valence-electron chi connectivity index (χ1n) is 6.13. The Morgan fingerprint density at radius 2 is 1.84 bits per heavy atom. The molecule has 0 radical (unpaired) electrons. The Kier molecular flexibility index (Phi) is 3.56. The molecule has 2 rings (SSSR count). The average Bonchev–Trinajstić information content (AvgIpc) is 2.37. The Bertz CT molecular complexity index is 620. The molecule has 0 saturated heterocycles. The lowest BCUT2D eigenvalue weighted by molar-refractivity contribution is 0.0992. The van der Waals surface area contributed by atoms with E-state index >= 15 is 0 Å². The van der Waals surface area contributed by atoms with Crippen molar-refractivity contribution >= 4 is 11.6 Å². The Morgan fingerprint density at radius 3 is 2.47 bits per heavy atom. The molecular weight excluding hydrogens is 238 g/mol. The molecule has 0 atom stereocenters. The summed E-state index contributed by atoms with van der Waals surface area (Å²) in [5, 5.41) is 9.39. The third-order valence-corrected chi connectivity index (χ3v) is 3.13. The standard InChI is InChI=1S/C16H17NO2/c1-11-5-4-6-13(9-11)17(3)16(19)15-8-7-14(18)10-12(15)2/h4-10,18H,1-3H3. The minimum Gasteiger partial charge on any atom is -0.508 e. The molecule has 19 heavy (non-hydrogen) atoms. The highest BCUT2D eigenvalue weighted by Crippen LogP contribution is 2.21. The topological polar surface area (TPSA) is 40.5 Å². The molecule has 0 heterocycles. The van der Waals surface area contributed by atoms with Gasteiger partial charge in [0.1, 0.15) is 5.75 Å². The molecule has 1 N–H and O–H groups in total. The molecule has 98 valence electrons. The highest BCUT2D eigenvalue weighted by atomic mass is 16.3. The van der Waals surface area contributed by atoms with Crippen LogP contribution in [0, 0.1) is 13.8 Å². The number of hydrogen-bond acceptors (Lipinski definition) is 2. The Balaban J connectivity index is 2.33. The summed E-state index contributed by atoms with van der Waals surface area (Å²) >= 11 is 0. The minimum atomic E-state index is -0.0805. The molecule has 0 aliphatic rings. The first kappa shape index (κ1) is 13.1. The van der Waals surface area contributed by atoms with Gasteiger partial charge >= 0.3 is 0 Å². The summed E-state index contributed by atoms with van der Waals surface area (Å²) in [6.45, 7) is 3.81. The van der Waals surface area contributed by atoms with Gasteiger partial charge in [-0.3, -0.25) is 4.79 Å². The number of carbonyl (C=O) groups is 1. The molecule has 0 aliphatic carbocycles. The number of carbonyl (C=O) groups excluding carboxylic acids is 1. The second-order valence-electron chi connectivity index (χ2n) is 4.70. The van der Waals surface area contributed by atoms with Gasteiger partial charge in [-0.05, 0) is 55.3 Å². The molecule has 2 aromatic carbocycles. The van der Waals surface area contributed by atoms with E-state index in [1.165, 1.54) is 6.07 Å². The van der Waals surface area contributed by atoms with Crippen LogP contribution in [0.5, 0.6) is 5.75 Å². The van der Waals surface area contributed by atoms with E-state index in [-0.39, 0.29) is 11.7 Å². The van der Waals surface area contributed by atoms with Gasteiger partial charge in [-0.25, -0.2) is 0 Å². The maximum absolute atomic E-state index is 12.4. The Labute approximate surface area is 113 Å². The number of amides is 1. The Morgan fingerprint density at radius 1 is 1.11 bits per heavy atom. The van der Waals surface area contributed by atoms with Crippen molar-refractivity contribution in [2.24, 2.45) is 0 Å². The zero-order valence-electron chi connectivity index (χ0n) is 11.3. The predicted octanol–water partition coefficient (Wildman–Crippen LogP) is 3.29. The van der Waals surface area contributed by atoms with Crippen LogP contribution >= 0.6 is 0 Å². The number of hydrogen-bond donors (Lipinski definition) is 1. The molecule has 1 amide bonds. The van der Waals surface area contributed by atoms with E-state index in [9.17, 15) is 9.90 Å². The highest BCUT2D eigenvalue weighted by Gasteiger charge is 2.15. The maximum Gasteiger partial charge on any atom is 0.258 e. The van der Waals surface area contributed by atoms with Crippen LogP contribution in [-0.2, 0) is 0 Å². The third-order valence-electron chi connectivity index (χ3n) is 3.13. The van der Waals surface area contributed by atoms with E-state index < -0.39 is 0 Å². The summed E-state index contributed by atoms with van der Waals surface area (Å²) in [6, 6.07) is 12.6. The van der Waals surface area contributed by atoms with Crippen LogP contribution < -0.4 is 4.90 Å². The number of phenolic OH excluding ortho intramolecular Hbond substituents is 1. The van der Waals surface area contributed by atoms with E-state index in [4.69, 9.17) is 0 Å². The fraction of sp³-hybridized carbons (Fsp3) is 0.188. The minimum absolute atomic E-state index is 0.0805. The molecule has 3 heteroatoms. The van der Waals surface area contributed by atoms with Gasteiger partial charge in [-0.15, -0.1) is 0 Å². The van der Waals surface area contributed by atoms with E-state index in [1.54, 1.807) is 24.1 Å². The van der Waals surface area contributed by atoms with E-state index in [0.29, 0.717) is 5.56 Å². The summed E-state index contributed by atoms with van der Waals surface area (Å²) in [6.07, 6.45) is 0. The number of phenols is 1. The molecular formula is C16H17NO2. The third kappa shape index (κ3) is 2.76. The van der Waals surface area contributed by atoms with E-state index in [2.05, 4.69) is 0 Å². The van der Waals surface area contributed by atoms with E-state index in [1.807, 2.05) is 38.1 Å². The zero-order valence-corrected chi connectivity index (χ0v) is 11.3. The normalized spacial score (nSPS) is 10.3. The highest BCUT2D eigenvalue weighted by molar-refractivity contribution is 6.06. The molecule has 3 nitrogen and oxygen atoms in total. The molecule has 0 fully saturated rings. The van der Waals surface area contributed by atoms with Crippen LogP contribution in [0.1, 0.15) is 21.5 Å². The second kappa shape index (κ2) is 5.14. The number of benzene rings is 2. The number of aromatic hydroxyl groups is 1. The molecule has 0 spiro atoms. The maximum atomic E-state index is 12.4. The number of nitrogens with zero attached hydrogens (tertiary/aromatic N) is 1. The second-order valence-corrected chi connectivity index (χ2v) is 4.70. The summed E-state index contributed by atoms with van der Waals surface area (Å²) in [4.78, 5) is 14.1. The first-order chi connectivity index (χ1) is 8.99. The van der Waals surface area contributed by atoms with Crippen LogP contribution in [0.2, 0.25) is 0 Å². The van der Waals surface area contributed by atoms with Crippen molar-refractivity contribution in [2.75, 3.05) is 11.9 Å². The van der Waals surface area contributed by atoms with Crippen molar-refractivity contribution in [2.45, 2.75) is 13.8 Å². The monoisotopic (exact) mass is 255 g/mol. The van der Waals surface area contributed by atoms with Crippen LogP contribution in [0.3, 0.4) is 0 Å². The molecule has 0 unspecified atom stereocenters. The van der Waals surface area contributed by atoms with Gasteiger partial charge < -0.3 is 10.0 Å². The molecule has 0 bridgehead atoms. The van der Waals surface area contributed by atoms with Crippen molar-refractivity contribution in [1.29, 1.82) is 0 Å². The van der Waals surface area contributed by atoms with Gasteiger partial charge in [0.2, 0.25) is 0 Å². The lowest BCUT2D eigenvalue weighted by Gasteiger charge is -2.19. The first-order valence-corrected chi connectivity index (χ1v) is 6.13. The average molecular weight is 255 g/mol. The SMILES string of the molecule is Cc1cccc(N(C)C(=O)c2ccc(O)cc2C)c1. The van der Waals surface area contributed by atoms with Crippen molar-refractivity contribution in [3.8, 4) is 5.75 Å². The van der Waals surface area contributed by atoms with E-state index in [0.717, 1.165) is 16.8 Å². The quantitative estimate of drug-likeness (QED) is 0.894. The largest absolute Gasteiger partial charge is 0.508 e. The lowest BCUT2D eigenvalue weighted by atomic mass is 10.1. The van der Waals surface area contributed by atoms with Crippen molar-refractivity contribution in [3.05, 3.63) is 59.2 Å². The zero-order chi connectivity index (χ0) is 14.0. The predicted molar refractivity (Wildman–Crippen MR) is 76.8 cm³/mol. The summed E-state index contributed by atoms with van der Waals surface area (Å²) < 4.78 is 0. The van der Waals surface area contributed by atoms with Crippen LogP contribution in [0.4, 0.5) is 5.69 Å². The van der Waals surface area contributed by atoms with Gasteiger partial charge in [0.25, 0.3) is 5.91 Å². The van der Waals surface area contributed by atoms with Gasteiger partial charge in [0.15, 0.2) is 0 Å². The van der Waals surface area contributed by atoms with Gasteiger partial charge in [0.05, 0.1) is 0 Å². The van der Waals surface area contributed by atoms with Gasteiger partial charge in [0, 0.05) is 18.3 Å². The summed E-state index contributed by atoms with van der Waals surface area (Å²) in [5.74, 6) is 0.0929. The molecule has 2 aromatic rings. The van der Waals surface area contributed by atoms with Crippen LogP contribution in [0.25, 0.3) is 0 Å². The van der Waals surface area contributed by atoms with Crippen LogP contribution in [-0.4, -0.2) is 18.1 Å². The lowest BCUT2D eigenvalue weighted by Crippen LogP contribution is -2.26. The fourth-order valence-electron chi connectivity index (χ4n) is 2.02. The van der Waals surface area contributed by atoms with Gasteiger partial charge in [-0.1, -0.05) is 12.1 Å². The summed E-state index contributed by atoms with van der Waals surface area (Å²) in [7, 11) is 1.75. The van der Waals surface area contributed by atoms with Crippen molar-refractivity contribution in [3.63, 3.8) is 0 Å². The molecule has 0 aliphatic heterocycles. The van der Waals surface area contributed by atoms with Crippen molar-refractivity contribution in [1.82, 2.24) is 0 Å². The molecule has 0 aromatic heterocycles. The number of rotatable bonds is 2. The van der Waals surface area contributed by atoms with Gasteiger partial charge in [-0.2, -0.15) is 0 Å². The smallest absolute Gasteiger partial charge is 0.258 e. The molecule has 0 saturated carbocycles. The van der Waals surface area contributed by atoms with Crippen LogP contribution in [0.15, 0.2) is 42.5 Å². The fourth-order valence-corrected chi connectivity index (χ4v) is 2.02. The number of anilines is 1.